The molecule has 1 saturated carbocycles. The Balaban J connectivity index is 1.98. The van der Waals surface area contributed by atoms with Crippen molar-refractivity contribution in [3.63, 3.8) is 0 Å². The molecule has 0 spiro atoms. The van der Waals surface area contributed by atoms with Crippen molar-refractivity contribution >= 4 is 0 Å². The van der Waals surface area contributed by atoms with E-state index in [1.54, 1.807) is 0 Å². The Morgan fingerprint density at radius 3 is 2.53 bits per heavy atom. The molecule has 1 aliphatic carbocycles. The fraction of sp³-hybridized carbons (Fsp3) is 1.00. The maximum atomic E-state index is 3.63. The first-order chi connectivity index (χ1) is 8.11. The first kappa shape index (κ1) is 13.4. The highest BCUT2D eigenvalue weighted by Crippen LogP contribution is 2.33. The van der Waals surface area contributed by atoms with Crippen LogP contribution in [0, 0.1) is 11.8 Å². The lowest BCUT2D eigenvalue weighted by molar-refractivity contribution is 0.0403. The van der Waals surface area contributed by atoms with Crippen LogP contribution in [-0.4, -0.2) is 36.1 Å². The van der Waals surface area contributed by atoms with Crippen LogP contribution >= 0.6 is 0 Å². The smallest absolute Gasteiger partial charge is 0.0221 e. The second-order valence-corrected chi connectivity index (χ2v) is 6.49. The number of rotatable bonds is 2. The van der Waals surface area contributed by atoms with Gasteiger partial charge in [-0.3, -0.25) is 4.90 Å². The third-order valence-electron chi connectivity index (χ3n) is 5.17. The monoisotopic (exact) mass is 238 g/mol. The Labute approximate surface area is 107 Å². The Kier molecular flexibility index (Phi) is 4.48. The zero-order chi connectivity index (χ0) is 12.4. The zero-order valence-electron chi connectivity index (χ0n) is 12.1. The van der Waals surface area contributed by atoms with Gasteiger partial charge in [0.25, 0.3) is 0 Å². The van der Waals surface area contributed by atoms with Gasteiger partial charge in [-0.1, -0.05) is 20.8 Å². The molecule has 2 heteroatoms. The quantitative estimate of drug-likeness (QED) is 0.796. The Hall–Kier alpha value is -0.0800. The largest absolute Gasteiger partial charge is 0.311 e. The second-order valence-electron chi connectivity index (χ2n) is 6.49. The molecule has 5 atom stereocenters. The molecule has 0 aromatic carbocycles. The van der Waals surface area contributed by atoms with Gasteiger partial charge in [-0.15, -0.1) is 0 Å². The van der Waals surface area contributed by atoms with E-state index >= 15 is 0 Å². The van der Waals surface area contributed by atoms with E-state index in [0.717, 1.165) is 23.9 Å². The van der Waals surface area contributed by atoms with Crippen LogP contribution in [0.2, 0.25) is 0 Å². The minimum atomic E-state index is 0.674. The van der Waals surface area contributed by atoms with Gasteiger partial charge >= 0.3 is 0 Å². The number of nitrogens with one attached hydrogen (secondary N) is 1. The predicted molar refractivity (Wildman–Crippen MR) is 74.2 cm³/mol. The van der Waals surface area contributed by atoms with Crippen molar-refractivity contribution in [1.82, 2.24) is 10.2 Å². The predicted octanol–water partition coefficient (Wildman–Crippen LogP) is 2.88. The molecule has 1 aliphatic heterocycles. The van der Waals surface area contributed by atoms with Crippen LogP contribution in [0.3, 0.4) is 0 Å². The summed E-state index contributed by atoms with van der Waals surface area (Å²) in [4.78, 5) is 2.82. The van der Waals surface area contributed by atoms with E-state index in [0.29, 0.717) is 6.04 Å². The highest BCUT2D eigenvalue weighted by atomic mass is 15.3. The summed E-state index contributed by atoms with van der Waals surface area (Å²) in [6.07, 6.45) is 5.57. The molecule has 5 unspecified atom stereocenters. The summed E-state index contributed by atoms with van der Waals surface area (Å²) >= 11 is 0. The molecule has 0 bridgehead atoms. The molecule has 0 amide bonds. The SMILES string of the molecule is CCC1CNC(C)CN1C1CCC(C)C(C)C1. The summed E-state index contributed by atoms with van der Waals surface area (Å²) in [7, 11) is 0. The number of hydrogen-bond acceptors (Lipinski definition) is 2. The van der Waals surface area contributed by atoms with Gasteiger partial charge < -0.3 is 5.32 Å². The first-order valence-electron chi connectivity index (χ1n) is 7.61. The highest BCUT2D eigenvalue weighted by Gasteiger charge is 2.34. The van der Waals surface area contributed by atoms with Crippen molar-refractivity contribution < 1.29 is 0 Å². The van der Waals surface area contributed by atoms with Gasteiger partial charge in [-0.2, -0.15) is 0 Å². The fourth-order valence-electron chi connectivity index (χ4n) is 3.63. The summed E-state index contributed by atoms with van der Waals surface area (Å²) < 4.78 is 0. The van der Waals surface area contributed by atoms with Gasteiger partial charge in [0.05, 0.1) is 0 Å². The fourth-order valence-corrected chi connectivity index (χ4v) is 3.63. The third kappa shape index (κ3) is 3.03. The normalized spacial score (nSPS) is 44.8. The topological polar surface area (TPSA) is 15.3 Å². The van der Waals surface area contributed by atoms with E-state index in [4.69, 9.17) is 0 Å². The van der Waals surface area contributed by atoms with Crippen molar-refractivity contribution in [2.24, 2.45) is 11.8 Å². The average molecular weight is 238 g/mol. The third-order valence-corrected chi connectivity index (χ3v) is 5.17. The van der Waals surface area contributed by atoms with Crippen LogP contribution in [-0.2, 0) is 0 Å². The molecular formula is C15H30N2. The van der Waals surface area contributed by atoms with Crippen LogP contribution < -0.4 is 5.32 Å². The van der Waals surface area contributed by atoms with E-state index in [-0.39, 0.29) is 0 Å². The number of nitrogens with zero attached hydrogens (tertiary/aromatic N) is 1. The van der Waals surface area contributed by atoms with Gasteiger partial charge in [-0.25, -0.2) is 0 Å². The van der Waals surface area contributed by atoms with Crippen LogP contribution in [0.1, 0.15) is 53.4 Å². The number of hydrogen-bond donors (Lipinski definition) is 1. The molecule has 17 heavy (non-hydrogen) atoms. The lowest BCUT2D eigenvalue weighted by atomic mass is 9.78. The van der Waals surface area contributed by atoms with E-state index in [1.807, 2.05) is 0 Å². The Bertz CT molecular complexity index is 241. The van der Waals surface area contributed by atoms with Crippen molar-refractivity contribution in [3.8, 4) is 0 Å². The molecule has 1 heterocycles. The second kappa shape index (κ2) is 5.71. The molecule has 100 valence electrons. The van der Waals surface area contributed by atoms with E-state index in [2.05, 4.69) is 37.9 Å². The summed E-state index contributed by atoms with van der Waals surface area (Å²) in [5.41, 5.74) is 0. The number of piperazine rings is 1. The molecule has 1 N–H and O–H groups in total. The first-order valence-corrected chi connectivity index (χ1v) is 7.61. The van der Waals surface area contributed by atoms with E-state index < -0.39 is 0 Å². The zero-order valence-corrected chi connectivity index (χ0v) is 12.1. The van der Waals surface area contributed by atoms with Gasteiger partial charge in [0.1, 0.15) is 0 Å². The Morgan fingerprint density at radius 2 is 1.88 bits per heavy atom. The molecule has 2 nitrogen and oxygen atoms in total. The van der Waals surface area contributed by atoms with E-state index in [9.17, 15) is 0 Å². The van der Waals surface area contributed by atoms with Gasteiger partial charge in [0.2, 0.25) is 0 Å². The van der Waals surface area contributed by atoms with Crippen LogP contribution in [0.4, 0.5) is 0 Å². The van der Waals surface area contributed by atoms with Crippen molar-refractivity contribution in [2.45, 2.75) is 71.5 Å². The highest BCUT2D eigenvalue weighted by molar-refractivity contribution is 4.90. The van der Waals surface area contributed by atoms with Crippen LogP contribution in [0.15, 0.2) is 0 Å². The molecule has 0 aromatic heterocycles. The maximum absolute atomic E-state index is 3.63. The minimum absolute atomic E-state index is 0.674. The summed E-state index contributed by atoms with van der Waals surface area (Å²) in [5, 5.41) is 3.63. The van der Waals surface area contributed by atoms with Crippen LogP contribution in [0.25, 0.3) is 0 Å². The lowest BCUT2D eigenvalue weighted by Gasteiger charge is -2.47. The standard InChI is InChI=1S/C15H30N2/c1-5-14-9-16-13(4)10-17(14)15-7-6-11(2)12(3)8-15/h11-16H,5-10H2,1-4H3. The van der Waals surface area contributed by atoms with Crippen molar-refractivity contribution in [3.05, 3.63) is 0 Å². The molecular weight excluding hydrogens is 208 g/mol. The molecule has 1 saturated heterocycles. The maximum Gasteiger partial charge on any atom is 0.0221 e. The summed E-state index contributed by atoms with van der Waals surface area (Å²) in [6, 6.07) is 2.31. The van der Waals surface area contributed by atoms with Gasteiger partial charge in [0, 0.05) is 31.2 Å². The lowest BCUT2D eigenvalue weighted by Crippen LogP contribution is -2.59. The van der Waals surface area contributed by atoms with Gasteiger partial charge in [0.15, 0.2) is 0 Å². The molecule has 2 rings (SSSR count). The molecule has 2 aliphatic rings. The minimum Gasteiger partial charge on any atom is -0.311 e. The molecule has 0 aromatic rings. The van der Waals surface area contributed by atoms with E-state index in [1.165, 1.54) is 38.8 Å². The van der Waals surface area contributed by atoms with Gasteiger partial charge in [-0.05, 0) is 44.4 Å². The van der Waals surface area contributed by atoms with Crippen LogP contribution in [0.5, 0.6) is 0 Å². The summed E-state index contributed by atoms with van der Waals surface area (Å²) in [5.74, 6) is 1.85. The summed E-state index contributed by atoms with van der Waals surface area (Å²) in [6.45, 7) is 12.0. The Morgan fingerprint density at radius 1 is 1.12 bits per heavy atom. The average Bonchev–Trinajstić information content (AvgIpc) is 2.32. The molecule has 2 fully saturated rings. The molecule has 0 radical (unpaired) electrons. The van der Waals surface area contributed by atoms with Crippen molar-refractivity contribution in [1.29, 1.82) is 0 Å². The van der Waals surface area contributed by atoms with Crippen molar-refractivity contribution in [2.75, 3.05) is 13.1 Å².